The van der Waals surface area contributed by atoms with E-state index < -0.39 is 20.0 Å². The monoisotopic (exact) mass is 910 g/mol. The first-order chi connectivity index (χ1) is 30.5. The summed E-state index contributed by atoms with van der Waals surface area (Å²) < 4.78 is 23.6. The van der Waals surface area contributed by atoms with Crippen molar-refractivity contribution in [2.45, 2.75) is 264 Å². The molecule has 3 unspecified atom stereocenters. The highest BCUT2D eigenvalue weighted by Gasteiger charge is 2.27. The Morgan fingerprint density at radius 2 is 0.873 bits per heavy atom. The number of carbonyl (C=O) groups is 1. The van der Waals surface area contributed by atoms with Crippen LogP contribution in [0.4, 0.5) is 0 Å². The standard InChI is InChI=1S/C54H105N2O6P/c1-6-8-10-12-14-16-18-19-20-21-22-23-24-25-26-27-28-29-30-31-32-33-34-35-36-38-40-42-44-46-48-54(58)55-52(51-62-63(59,60)61-50-49-56(3,4)5)53(57)47-45-43-41-39-37-17-15-13-11-9-7-2/h11,13,37,39,45,47,52-53,57H,6-10,12,14-36,38,40-44,46,48-51H2,1-5H3,(H-,55,58,59,60)/p+1/b13-11+,39-37+,47-45+. The first-order valence-corrected chi connectivity index (χ1v) is 28.4. The van der Waals surface area contributed by atoms with Gasteiger partial charge in [-0.1, -0.05) is 243 Å². The van der Waals surface area contributed by atoms with Crippen molar-refractivity contribution in [3.63, 3.8) is 0 Å². The molecule has 0 saturated heterocycles. The number of rotatable bonds is 49. The Labute approximate surface area is 391 Å². The molecule has 63 heavy (non-hydrogen) atoms. The Balaban J connectivity index is 4.02. The fraction of sp³-hybridized carbons (Fsp3) is 0.870. The van der Waals surface area contributed by atoms with E-state index in [9.17, 15) is 19.4 Å². The summed E-state index contributed by atoms with van der Waals surface area (Å²) in [7, 11) is 1.55. The van der Waals surface area contributed by atoms with Crippen molar-refractivity contribution < 1.29 is 32.9 Å². The van der Waals surface area contributed by atoms with E-state index in [0.29, 0.717) is 17.4 Å². The van der Waals surface area contributed by atoms with Gasteiger partial charge < -0.3 is 19.8 Å². The van der Waals surface area contributed by atoms with E-state index in [1.807, 2.05) is 27.2 Å². The molecule has 0 fully saturated rings. The first-order valence-electron chi connectivity index (χ1n) is 26.9. The summed E-state index contributed by atoms with van der Waals surface area (Å²) in [5, 5.41) is 13.8. The summed E-state index contributed by atoms with van der Waals surface area (Å²) in [5.41, 5.74) is 0. The van der Waals surface area contributed by atoms with Gasteiger partial charge in [0.05, 0.1) is 39.9 Å². The third kappa shape index (κ3) is 48.5. The van der Waals surface area contributed by atoms with E-state index in [2.05, 4.69) is 43.5 Å². The Kier molecular flexibility index (Phi) is 44.9. The molecule has 0 aliphatic heterocycles. The van der Waals surface area contributed by atoms with E-state index in [0.717, 1.165) is 51.4 Å². The molecule has 0 aromatic rings. The summed E-state index contributed by atoms with van der Waals surface area (Å²) in [4.78, 5) is 23.2. The third-order valence-corrected chi connectivity index (χ3v) is 13.1. The van der Waals surface area contributed by atoms with Crippen LogP contribution in [0.5, 0.6) is 0 Å². The highest BCUT2D eigenvalue weighted by atomic mass is 31.2. The molecular formula is C54H106N2O6P+. The minimum Gasteiger partial charge on any atom is -0.387 e. The van der Waals surface area contributed by atoms with Gasteiger partial charge in [-0.15, -0.1) is 0 Å². The highest BCUT2D eigenvalue weighted by molar-refractivity contribution is 7.47. The molecule has 0 aliphatic carbocycles. The van der Waals surface area contributed by atoms with E-state index in [4.69, 9.17) is 9.05 Å². The Morgan fingerprint density at radius 3 is 1.24 bits per heavy atom. The lowest BCUT2D eigenvalue weighted by Gasteiger charge is -2.25. The number of nitrogens with zero attached hydrogens (tertiary/aromatic N) is 1. The smallest absolute Gasteiger partial charge is 0.387 e. The van der Waals surface area contributed by atoms with Crippen molar-refractivity contribution in [3.8, 4) is 0 Å². The lowest BCUT2D eigenvalue weighted by Crippen LogP contribution is -2.45. The fourth-order valence-corrected chi connectivity index (χ4v) is 8.58. The predicted octanol–water partition coefficient (Wildman–Crippen LogP) is 15.8. The zero-order chi connectivity index (χ0) is 46.4. The van der Waals surface area contributed by atoms with Crippen LogP contribution in [0, 0.1) is 0 Å². The zero-order valence-electron chi connectivity index (χ0n) is 42.3. The van der Waals surface area contributed by atoms with Crippen molar-refractivity contribution in [2.75, 3.05) is 40.9 Å². The number of carbonyl (C=O) groups excluding carboxylic acids is 1. The third-order valence-electron chi connectivity index (χ3n) is 12.1. The molecule has 0 heterocycles. The van der Waals surface area contributed by atoms with Crippen LogP contribution in [0.15, 0.2) is 36.5 Å². The number of aliphatic hydroxyl groups excluding tert-OH is 1. The van der Waals surface area contributed by atoms with Gasteiger partial charge in [0.15, 0.2) is 0 Å². The number of phosphoric ester groups is 1. The number of quaternary nitrogens is 1. The number of hydrogen-bond acceptors (Lipinski definition) is 5. The van der Waals surface area contributed by atoms with Crippen molar-refractivity contribution in [2.24, 2.45) is 0 Å². The summed E-state index contributed by atoms with van der Waals surface area (Å²) >= 11 is 0. The largest absolute Gasteiger partial charge is 0.472 e. The number of phosphoric acid groups is 1. The molecule has 3 N–H and O–H groups in total. The minimum atomic E-state index is -4.35. The van der Waals surface area contributed by atoms with Crippen LogP contribution in [0.2, 0.25) is 0 Å². The Hall–Kier alpha value is -1.28. The Morgan fingerprint density at radius 1 is 0.524 bits per heavy atom. The minimum absolute atomic E-state index is 0.0546. The average Bonchev–Trinajstić information content (AvgIpc) is 3.24. The summed E-state index contributed by atoms with van der Waals surface area (Å²) in [6.45, 7) is 4.73. The lowest BCUT2D eigenvalue weighted by atomic mass is 10.0. The molecule has 0 aromatic heterocycles. The molecule has 3 atom stereocenters. The van der Waals surface area contributed by atoms with Crippen LogP contribution < -0.4 is 5.32 Å². The SMILES string of the molecule is CCC/C=C/CC/C=C/CC/C=C/C(O)C(COP(=O)(O)OCC[N+](C)(C)C)NC(=O)CCCCCCCCCCCCCCCCCCCCCCCCCCCCCCCC. The van der Waals surface area contributed by atoms with Gasteiger partial charge in [-0.25, -0.2) is 4.57 Å². The second kappa shape index (κ2) is 45.9. The van der Waals surface area contributed by atoms with Crippen LogP contribution >= 0.6 is 7.82 Å². The number of nitrogens with one attached hydrogen (secondary N) is 1. The molecule has 0 rings (SSSR count). The number of aliphatic hydroxyl groups is 1. The van der Waals surface area contributed by atoms with Crippen LogP contribution in [-0.2, 0) is 18.4 Å². The van der Waals surface area contributed by atoms with Crippen LogP contribution in [-0.4, -0.2) is 73.4 Å². The van der Waals surface area contributed by atoms with Gasteiger partial charge in [0.2, 0.25) is 5.91 Å². The Bertz CT molecular complexity index is 1120. The number of likely N-dealkylation sites (N-methyl/N-ethyl adjacent to an activating group) is 1. The van der Waals surface area contributed by atoms with Crippen molar-refractivity contribution >= 4 is 13.7 Å². The molecular weight excluding hydrogens is 804 g/mol. The molecule has 1 amide bonds. The van der Waals surface area contributed by atoms with Gasteiger partial charge in [0.1, 0.15) is 13.2 Å². The normalized spacial score (nSPS) is 14.3. The summed E-state index contributed by atoms with van der Waals surface area (Å²) in [5.74, 6) is -0.189. The number of hydrogen-bond donors (Lipinski definition) is 3. The molecule has 0 aromatic carbocycles. The molecule has 0 saturated carbocycles. The van der Waals surface area contributed by atoms with Crippen molar-refractivity contribution in [1.82, 2.24) is 5.32 Å². The average molecular weight is 910 g/mol. The summed E-state index contributed by atoms with van der Waals surface area (Å²) in [6.07, 6.45) is 58.4. The van der Waals surface area contributed by atoms with E-state index in [1.54, 1.807) is 6.08 Å². The van der Waals surface area contributed by atoms with Gasteiger partial charge in [-0.05, 0) is 38.5 Å². The maximum Gasteiger partial charge on any atom is 0.472 e. The van der Waals surface area contributed by atoms with Gasteiger partial charge in [-0.3, -0.25) is 13.8 Å². The molecule has 0 radical (unpaired) electrons. The maximum absolute atomic E-state index is 12.9. The van der Waals surface area contributed by atoms with Crippen molar-refractivity contribution in [1.29, 1.82) is 0 Å². The molecule has 9 heteroatoms. The fourth-order valence-electron chi connectivity index (χ4n) is 7.85. The van der Waals surface area contributed by atoms with E-state index in [1.165, 1.54) is 180 Å². The van der Waals surface area contributed by atoms with Gasteiger partial charge in [-0.2, -0.15) is 0 Å². The van der Waals surface area contributed by atoms with Crippen molar-refractivity contribution in [3.05, 3.63) is 36.5 Å². The molecule has 0 bridgehead atoms. The highest BCUT2D eigenvalue weighted by Crippen LogP contribution is 2.43. The molecule has 0 aliphatic rings. The van der Waals surface area contributed by atoms with Gasteiger partial charge >= 0.3 is 7.82 Å². The van der Waals surface area contributed by atoms with Crippen LogP contribution in [0.1, 0.15) is 251 Å². The molecule has 372 valence electrons. The number of amides is 1. The number of unbranched alkanes of at least 4 members (excludes halogenated alkanes) is 32. The quantitative estimate of drug-likeness (QED) is 0.0243. The number of allylic oxidation sites excluding steroid dienone is 5. The second-order valence-electron chi connectivity index (χ2n) is 19.6. The predicted molar refractivity (Wildman–Crippen MR) is 272 cm³/mol. The molecule has 8 nitrogen and oxygen atoms in total. The van der Waals surface area contributed by atoms with E-state index in [-0.39, 0.29) is 19.1 Å². The molecule has 0 spiro atoms. The van der Waals surface area contributed by atoms with Gasteiger partial charge in [0, 0.05) is 6.42 Å². The van der Waals surface area contributed by atoms with E-state index >= 15 is 0 Å². The summed E-state index contributed by atoms with van der Waals surface area (Å²) in [6, 6.07) is -0.866. The van der Waals surface area contributed by atoms with Crippen LogP contribution in [0.3, 0.4) is 0 Å². The van der Waals surface area contributed by atoms with Gasteiger partial charge in [0.25, 0.3) is 0 Å². The topological polar surface area (TPSA) is 105 Å². The second-order valence-corrected chi connectivity index (χ2v) is 21.0. The lowest BCUT2D eigenvalue weighted by molar-refractivity contribution is -0.870. The first kappa shape index (κ1) is 61.7. The maximum atomic E-state index is 12.9. The van der Waals surface area contributed by atoms with Crippen LogP contribution in [0.25, 0.3) is 0 Å². The zero-order valence-corrected chi connectivity index (χ0v) is 43.2.